The van der Waals surface area contributed by atoms with Crippen molar-refractivity contribution in [1.82, 2.24) is 5.32 Å². The molecule has 0 aliphatic rings. The quantitative estimate of drug-likeness (QED) is 0.843. The van der Waals surface area contributed by atoms with Crippen LogP contribution < -0.4 is 11.1 Å². The Kier molecular flexibility index (Phi) is 5.30. The van der Waals surface area contributed by atoms with Crippen LogP contribution in [0.4, 0.5) is 13.6 Å². The highest BCUT2D eigenvalue weighted by atomic mass is 35.5. The van der Waals surface area contributed by atoms with Gasteiger partial charge in [0.25, 0.3) is 0 Å². The highest BCUT2D eigenvalue weighted by molar-refractivity contribution is 6.31. The normalized spacial score (nSPS) is 12.9. The van der Waals surface area contributed by atoms with Gasteiger partial charge in [-0.1, -0.05) is 11.6 Å². The molecule has 0 radical (unpaired) electrons. The van der Waals surface area contributed by atoms with Gasteiger partial charge in [0.1, 0.15) is 17.2 Å². The van der Waals surface area contributed by atoms with Gasteiger partial charge < -0.3 is 15.8 Å². The molecule has 1 unspecified atom stereocenters. The zero-order valence-electron chi connectivity index (χ0n) is 11.5. The number of carbonyl (C=O) groups excluding carboxylic acids is 1. The van der Waals surface area contributed by atoms with Crippen LogP contribution in [-0.4, -0.2) is 18.2 Å². The molecule has 4 nitrogen and oxygen atoms in total. The SMILES string of the molecule is CC(C)(C)OC(=O)NC(CN)c1c(F)ccc(F)c1Cl. The lowest BCUT2D eigenvalue weighted by atomic mass is 10.1. The van der Waals surface area contributed by atoms with Crippen molar-refractivity contribution in [3.8, 4) is 0 Å². The lowest BCUT2D eigenvalue weighted by Gasteiger charge is -2.24. The first kappa shape index (κ1) is 16.7. The molecular weight excluding hydrogens is 290 g/mol. The van der Waals surface area contributed by atoms with Gasteiger partial charge in [-0.15, -0.1) is 0 Å². The zero-order chi connectivity index (χ0) is 15.5. The average Bonchev–Trinajstić information content (AvgIpc) is 2.30. The minimum atomic E-state index is -0.979. The van der Waals surface area contributed by atoms with Crippen LogP contribution in [0.15, 0.2) is 12.1 Å². The van der Waals surface area contributed by atoms with E-state index < -0.39 is 34.4 Å². The van der Waals surface area contributed by atoms with Gasteiger partial charge in [0, 0.05) is 12.1 Å². The zero-order valence-corrected chi connectivity index (χ0v) is 12.2. The molecule has 0 saturated carbocycles. The Bertz CT molecular complexity index is 504. The van der Waals surface area contributed by atoms with Gasteiger partial charge in [-0.2, -0.15) is 0 Å². The largest absolute Gasteiger partial charge is 0.444 e. The fourth-order valence-electron chi connectivity index (χ4n) is 1.56. The highest BCUT2D eigenvalue weighted by Crippen LogP contribution is 2.28. The third kappa shape index (κ3) is 4.31. The Morgan fingerprint density at radius 3 is 2.45 bits per heavy atom. The predicted octanol–water partition coefficient (Wildman–Crippen LogP) is 3.14. The summed E-state index contributed by atoms with van der Waals surface area (Å²) in [5.41, 5.74) is 4.58. The molecule has 1 rings (SSSR count). The summed E-state index contributed by atoms with van der Waals surface area (Å²) >= 11 is 5.73. The van der Waals surface area contributed by atoms with E-state index in [2.05, 4.69) is 5.32 Å². The van der Waals surface area contributed by atoms with Crippen LogP contribution in [0.2, 0.25) is 5.02 Å². The number of nitrogens with one attached hydrogen (secondary N) is 1. The summed E-state index contributed by atoms with van der Waals surface area (Å²) in [5.74, 6) is -1.53. The molecule has 0 fully saturated rings. The molecule has 7 heteroatoms. The standard InChI is InChI=1S/C13H17ClF2N2O2/c1-13(2,3)20-12(19)18-9(6-17)10-7(15)4-5-8(16)11(10)14/h4-5,9H,6,17H2,1-3H3,(H,18,19). The smallest absolute Gasteiger partial charge is 0.408 e. The molecule has 1 atom stereocenters. The van der Waals surface area contributed by atoms with Crippen LogP contribution in [0.3, 0.4) is 0 Å². The molecular formula is C13H17ClF2N2O2. The van der Waals surface area contributed by atoms with Crippen molar-refractivity contribution in [2.24, 2.45) is 5.73 Å². The lowest BCUT2D eigenvalue weighted by Crippen LogP contribution is -2.38. The number of carbonyl (C=O) groups is 1. The second-order valence-electron chi connectivity index (χ2n) is 5.19. The van der Waals surface area contributed by atoms with Crippen LogP contribution in [0, 0.1) is 11.6 Å². The molecule has 20 heavy (non-hydrogen) atoms. The molecule has 1 aromatic rings. The van der Waals surface area contributed by atoms with Crippen molar-refractivity contribution in [3.05, 3.63) is 34.4 Å². The fraction of sp³-hybridized carbons (Fsp3) is 0.462. The van der Waals surface area contributed by atoms with Crippen LogP contribution >= 0.6 is 11.6 Å². The average molecular weight is 307 g/mol. The topological polar surface area (TPSA) is 64.3 Å². The van der Waals surface area contributed by atoms with E-state index in [4.69, 9.17) is 22.1 Å². The number of halogens is 3. The second kappa shape index (κ2) is 6.37. The molecule has 0 aromatic heterocycles. The molecule has 1 amide bonds. The first-order valence-corrected chi connectivity index (χ1v) is 6.36. The van der Waals surface area contributed by atoms with Crippen molar-refractivity contribution in [1.29, 1.82) is 0 Å². The maximum Gasteiger partial charge on any atom is 0.408 e. The monoisotopic (exact) mass is 306 g/mol. The summed E-state index contributed by atoms with van der Waals surface area (Å²) in [7, 11) is 0. The van der Waals surface area contributed by atoms with Gasteiger partial charge in [0.15, 0.2) is 0 Å². The van der Waals surface area contributed by atoms with Crippen molar-refractivity contribution in [2.45, 2.75) is 32.4 Å². The Hall–Kier alpha value is -1.40. The van der Waals surface area contributed by atoms with Crippen LogP contribution in [0.5, 0.6) is 0 Å². The van der Waals surface area contributed by atoms with E-state index in [-0.39, 0.29) is 12.1 Å². The maximum absolute atomic E-state index is 13.8. The number of hydrogen-bond acceptors (Lipinski definition) is 3. The molecule has 3 N–H and O–H groups in total. The summed E-state index contributed by atoms with van der Waals surface area (Å²) in [6.07, 6.45) is -0.785. The van der Waals surface area contributed by atoms with Crippen LogP contribution in [0.1, 0.15) is 32.4 Å². The van der Waals surface area contributed by atoms with E-state index in [1.807, 2.05) is 0 Å². The Morgan fingerprint density at radius 1 is 1.40 bits per heavy atom. The van der Waals surface area contributed by atoms with E-state index in [9.17, 15) is 13.6 Å². The minimum absolute atomic E-state index is 0.153. The number of benzene rings is 1. The maximum atomic E-state index is 13.8. The van der Waals surface area contributed by atoms with E-state index in [0.717, 1.165) is 12.1 Å². The van der Waals surface area contributed by atoms with Gasteiger partial charge in [0.2, 0.25) is 0 Å². The highest BCUT2D eigenvalue weighted by Gasteiger charge is 2.24. The van der Waals surface area contributed by atoms with Crippen molar-refractivity contribution >= 4 is 17.7 Å². The molecule has 0 spiro atoms. The summed E-state index contributed by atoms with van der Waals surface area (Å²) in [6.45, 7) is 4.89. The van der Waals surface area contributed by atoms with Gasteiger partial charge in [-0.3, -0.25) is 0 Å². The first-order valence-electron chi connectivity index (χ1n) is 5.98. The van der Waals surface area contributed by atoms with Crippen LogP contribution in [0.25, 0.3) is 0 Å². The minimum Gasteiger partial charge on any atom is -0.444 e. The number of amides is 1. The number of hydrogen-bond donors (Lipinski definition) is 2. The van der Waals surface area contributed by atoms with Gasteiger partial charge in [-0.05, 0) is 32.9 Å². The predicted molar refractivity (Wildman–Crippen MR) is 72.5 cm³/mol. The third-order valence-electron chi connectivity index (χ3n) is 2.35. The second-order valence-corrected chi connectivity index (χ2v) is 5.57. The van der Waals surface area contributed by atoms with Gasteiger partial charge in [-0.25, -0.2) is 13.6 Å². The summed E-state index contributed by atoms with van der Waals surface area (Å²) in [6, 6.07) is 0.853. The van der Waals surface area contributed by atoms with E-state index in [1.54, 1.807) is 20.8 Å². The summed E-state index contributed by atoms with van der Waals surface area (Å²) in [4.78, 5) is 11.7. The molecule has 0 heterocycles. The molecule has 112 valence electrons. The molecule has 0 aliphatic carbocycles. The van der Waals surface area contributed by atoms with Crippen molar-refractivity contribution in [3.63, 3.8) is 0 Å². The Labute approximate surface area is 121 Å². The Morgan fingerprint density at radius 2 is 1.95 bits per heavy atom. The van der Waals surface area contributed by atoms with Gasteiger partial charge in [0.05, 0.1) is 11.1 Å². The lowest BCUT2D eigenvalue weighted by molar-refractivity contribution is 0.0504. The Balaban J connectivity index is 2.98. The first-order chi connectivity index (χ1) is 9.15. The number of rotatable bonds is 3. The van der Waals surface area contributed by atoms with E-state index in [1.165, 1.54) is 0 Å². The number of alkyl carbamates (subject to hydrolysis) is 1. The van der Waals surface area contributed by atoms with E-state index >= 15 is 0 Å². The molecule has 1 aromatic carbocycles. The van der Waals surface area contributed by atoms with Crippen molar-refractivity contribution in [2.75, 3.05) is 6.54 Å². The van der Waals surface area contributed by atoms with Crippen molar-refractivity contribution < 1.29 is 18.3 Å². The third-order valence-corrected chi connectivity index (χ3v) is 2.74. The number of nitrogens with two attached hydrogens (primary N) is 1. The molecule has 0 saturated heterocycles. The fourth-order valence-corrected chi connectivity index (χ4v) is 1.85. The van der Waals surface area contributed by atoms with Gasteiger partial charge >= 0.3 is 6.09 Å². The summed E-state index contributed by atoms with van der Waals surface area (Å²) in [5, 5.41) is 1.97. The molecule has 0 aliphatic heterocycles. The van der Waals surface area contributed by atoms with E-state index in [0.29, 0.717) is 0 Å². The summed E-state index contributed by atoms with van der Waals surface area (Å²) < 4.78 is 32.2. The number of ether oxygens (including phenoxy) is 1. The van der Waals surface area contributed by atoms with Crippen LogP contribution in [-0.2, 0) is 4.74 Å². The molecule has 0 bridgehead atoms.